The number of aromatic nitrogens is 2. The Morgan fingerprint density at radius 2 is 1.30 bits per heavy atom. The van der Waals surface area contributed by atoms with Gasteiger partial charge in [0.1, 0.15) is 5.82 Å². The molecular weight excluding hydrogens is 844 g/mol. The molecule has 5 nitrogen and oxygen atoms in total. The van der Waals surface area contributed by atoms with E-state index in [0.29, 0.717) is 11.5 Å². The summed E-state index contributed by atoms with van der Waals surface area (Å²) >= 11 is 0. The van der Waals surface area contributed by atoms with Gasteiger partial charge in [0.2, 0.25) is 0 Å². The van der Waals surface area contributed by atoms with E-state index < -0.39 is 0 Å². The third-order valence-electron chi connectivity index (χ3n) is 11.0. The predicted octanol–water partition coefficient (Wildman–Crippen LogP) is 12.2. The SMILES string of the molecule is [Pt].[c-]1c(Oc2[c-]c3c(cc2)c2ccccc2n3-c2cc(C3(c4ccccc4)CCCCC3)ccn2)cccc1N1[CH-]N(c2ccccc2)c2ccccc21. The molecule has 2 aliphatic rings. The van der Waals surface area contributed by atoms with Gasteiger partial charge in [-0.25, -0.2) is 4.98 Å². The number of hydrogen-bond donors (Lipinski definition) is 0. The Balaban J connectivity index is 0.00000384. The molecule has 6 aromatic carbocycles. The second-order valence-electron chi connectivity index (χ2n) is 14.0. The first-order valence-electron chi connectivity index (χ1n) is 18.5. The minimum atomic E-state index is -0.0276. The summed E-state index contributed by atoms with van der Waals surface area (Å²) in [6.07, 6.45) is 7.99. The number of benzene rings is 6. The average Bonchev–Trinajstić information content (AvgIpc) is 3.78. The molecule has 6 heteroatoms. The minimum absolute atomic E-state index is 0. The molecule has 1 saturated carbocycles. The molecule has 0 saturated heterocycles. The number of para-hydroxylation sites is 4. The van der Waals surface area contributed by atoms with Crippen LogP contribution in [0.1, 0.15) is 43.2 Å². The summed E-state index contributed by atoms with van der Waals surface area (Å²) in [5, 5.41) is 2.27. The Hall–Kier alpha value is -5.64. The maximum atomic E-state index is 6.57. The van der Waals surface area contributed by atoms with Crippen LogP contribution in [0.5, 0.6) is 11.5 Å². The van der Waals surface area contributed by atoms with Crippen molar-refractivity contribution in [2.24, 2.45) is 0 Å². The molecule has 54 heavy (non-hydrogen) atoms. The topological polar surface area (TPSA) is 33.5 Å². The molecule has 8 aromatic rings. The van der Waals surface area contributed by atoms with E-state index in [1.807, 2.05) is 30.5 Å². The minimum Gasteiger partial charge on any atom is -0.509 e. The molecule has 1 aliphatic heterocycles. The van der Waals surface area contributed by atoms with Gasteiger partial charge in [0, 0.05) is 66.8 Å². The van der Waals surface area contributed by atoms with Gasteiger partial charge in [0.05, 0.1) is 0 Å². The van der Waals surface area contributed by atoms with E-state index in [0.717, 1.165) is 63.2 Å². The quantitative estimate of drug-likeness (QED) is 0.149. The summed E-state index contributed by atoms with van der Waals surface area (Å²) in [6.45, 7) is 2.11. The predicted molar refractivity (Wildman–Crippen MR) is 215 cm³/mol. The number of pyridine rings is 1. The van der Waals surface area contributed by atoms with Crippen molar-refractivity contribution in [2.45, 2.75) is 37.5 Å². The number of rotatable bonds is 7. The van der Waals surface area contributed by atoms with Gasteiger partial charge in [-0.2, -0.15) is 12.1 Å². The number of ether oxygens (including phenoxy) is 1. The van der Waals surface area contributed by atoms with E-state index in [1.165, 1.54) is 30.4 Å². The van der Waals surface area contributed by atoms with Gasteiger partial charge in [0.15, 0.2) is 0 Å². The first kappa shape index (κ1) is 34.1. The fourth-order valence-corrected chi connectivity index (χ4v) is 8.52. The Bertz CT molecular complexity index is 2580. The maximum Gasteiger partial charge on any atom is 0.135 e. The van der Waals surface area contributed by atoms with Gasteiger partial charge >= 0.3 is 0 Å². The summed E-state index contributed by atoms with van der Waals surface area (Å²) in [7, 11) is 0. The van der Waals surface area contributed by atoms with Crippen LogP contribution >= 0.6 is 0 Å². The maximum absolute atomic E-state index is 6.57. The molecule has 3 heterocycles. The van der Waals surface area contributed by atoms with Crippen LogP contribution in [0.2, 0.25) is 0 Å². The van der Waals surface area contributed by atoms with Gasteiger partial charge in [0.25, 0.3) is 0 Å². The molecule has 0 N–H and O–H groups in total. The Labute approximate surface area is 330 Å². The van der Waals surface area contributed by atoms with E-state index in [-0.39, 0.29) is 26.5 Å². The molecule has 0 radical (unpaired) electrons. The van der Waals surface area contributed by atoms with Crippen LogP contribution in [-0.4, -0.2) is 9.55 Å². The molecule has 0 spiro atoms. The normalized spacial score (nSPS) is 14.9. The van der Waals surface area contributed by atoms with Gasteiger partial charge in [-0.15, -0.1) is 48.1 Å². The third kappa shape index (κ3) is 5.88. The van der Waals surface area contributed by atoms with Crippen LogP contribution in [0.25, 0.3) is 27.6 Å². The zero-order valence-corrected chi connectivity index (χ0v) is 31.9. The number of nitrogens with zero attached hydrogens (tertiary/aromatic N) is 4. The molecule has 0 amide bonds. The zero-order chi connectivity index (χ0) is 35.2. The third-order valence-corrected chi connectivity index (χ3v) is 11.0. The molecule has 1 aliphatic carbocycles. The molecule has 10 rings (SSSR count). The fourth-order valence-electron chi connectivity index (χ4n) is 8.52. The second-order valence-corrected chi connectivity index (χ2v) is 14.0. The van der Waals surface area contributed by atoms with Crippen molar-refractivity contribution in [3.05, 3.63) is 188 Å². The summed E-state index contributed by atoms with van der Waals surface area (Å²) in [5.74, 6) is 2.13. The smallest absolute Gasteiger partial charge is 0.135 e. The van der Waals surface area contributed by atoms with Crippen molar-refractivity contribution < 1.29 is 25.8 Å². The molecule has 2 aromatic heterocycles. The van der Waals surface area contributed by atoms with Gasteiger partial charge in [-0.1, -0.05) is 104 Å². The zero-order valence-electron chi connectivity index (χ0n) is 29.6. The Kier molecular flexibility index (Phi) is 9.04. The van der Waals surface area contributed by atoms with Crippen molar-refractivity contribution in [1.29, 1.82) is 0 Å². The van der Waals surface area contributed by atoms with Crippen LogP contribution in [-0.2, 0) is 26.5 Å². The average molecular weight is 881 g/mol. The number of hydrogen-bond acceptors (Lipinski definition) is 4. The number of fused-ring (bicyclic) bond motifs is 4. The van der Waals surface area contributed by atoms with Crippen LogP contribution in [0, 0.1) is 18.8 Å². The first-order valence-corrected chi connectivity index (χ1v) is 18.5. The number of anilines is 4. The van der Waals surface area contributed by atoms with Crippen molar-refractivity contribution in [3.63, 3.8) is 0 Å². The van der Waals surface area contributed by atoms with Crippen LogP contribution in [0.15, 0.2) is 158 Å². The van der Waals surface area contributed by atoms with Gasteiger partial charge < -0.3 is 19.1 Å². The first-order chi connectivity index (χ1) is 26.2. The van der Waals surface area contributed by atoms with Crippen molar-refractivity contribution in [3.8, 4) is 17.3 Å². The summed E-state index contributed by atoms with van der Waals surface area (Å²) in [5.41, 5.74) is 8.90. The molecule has 268 valence electrons. The molecule has 0 bridgehead atoms. The Morgan fingerprint density at radius 3 is 2.11 bits per heavy atom. The van der Waals surface area contributed by atoms with Gasteiger partial charge in [-0.3, -0.25) is 0 Å². The fraction of sp³-hybridized carbons (Fsp3) is 0.125. The van der Waals surface area contributed by atoms with Crippen LogP contribution < -0.4 is 14.5 Å². The summed E-state index contributed by atoms with van der Waals surface area (Å²) < 4.78 is 8.81. The molecular formula is C48H37N4OPt-3. The van der Waals surface area contributed by atoms with Crippen LogP contribution in [0.3, 0.4) is 0 Å². The van der Waals surface area contributed by atoms with E-state index >= 15 is 0 Å². The van der Waals surface area contributed by atoms with E-state index in [4.69, 9.17) is 9.72 Å². The molecule has 0 unspecified atom stereocenters. The van der Waals surface area contributed by atoms with Crippen molar-refractivity contribution in [2.75, 3.05) is 9.80 Å². The van der Waals surface area contributed by atoms with E-state index in [9.17, 15) is 0 Å². The molecule has 1 fully saturated rings. The van der Waals surface area contributed by atoms with Crippen LogP contribution in [0.4, 0.5) is 22.7 Å². The van der Waals surface area contributed by atoms with E-state index in [1.54, 1.807) is 0 Å². The standard InChI is InChI=1S/C48H37N4O.Pt/c1-4-15-35(16-5-1)48(28-12-3-13-29-48)36-27-30-49-47(31-36)52-43-22-9-8-21-41(43)42-26-25-40(33-46(42)52)53-39-20-14-19-38(32-39)51-34-50(37-17-6-2-7-18-37)44-23-10-11-24-45(44)51;/h1-2,4-11,14-27,30-31,34H,3,12-13,28-29H2;/q-3;. The van der Waals surface area contributed by atoms with Crippen molar-refractivity contribution in [1.82, 2.24) is 9.55 Å². The Morgan fingerprint density at radius 1 is 0.593 bits per heavy atom. The van der Waals surface area contributed by atoms with E-state index in [2.05, 4.69) is 161 Å². The second kappa shape index (κ2) is 14.3. The monoisotopic (exact) mass is 880 g/mol. The summed E-state index contributed by atoms with van der Waals surface area (Å²) in [4.78, 5) is 9.36. The molecule has 0 atom stereocenters. The summed E-state index contributed by atoms with van der Waals surface area (Å²) in [6, 6.07) is 60.3. The van der Waals surface area contributed by atoms with Crippen molar-refractivity contribution >= 4 is 44.6 Å². The van der Waals surface area contributed by atoms with Gasteiger partial charge in [-0.05, 0) is 71.8 Å². The largest absolute Gasteiger partial charge is 0.509 e.